The van der Waals surface area contributed by atoms with Gasteiger partial charge in [0, 0.05) is 12.0 Å². The molecule has 1 fully saturated rings. The fraction of sp³-hybridized carbons (Fsp3) is 0.571. The van der Waals surface area contributed by atoms with Gasteiger partial charge in [-0.05, 0) is 43.4 Å². The van der Waals surface area contributed by atoms with E-state index in [1.165, 1.54) is 36.0 Å². The number of rotatable bonds is 3. The number of nitrogens with two attached hydrogens (primary N) is 1. The molecule has 2 N–H and O–H groups in total. The van der Waals surface area contributed by atoms with Crippen LogP contribution < -0.4 is 10.5 Å². The fourth-order valence-electron chi connectivity index (χ4n) is 2.90. The number of hydrogen-bond donors (Lipinski definition) is 1. The standard InChI is InChI=1S/C14H21NO/c1-10-5-6-12(11(2)13(10)16-3)14(9-15)7-4-8-14/h5-6H,4,7-9,15H2,1-3H3. The van der Waals surface area contributed by atoms with Crippen molar-refractivity contribution in [2.45, 2.75) is 38.5 Å². The Hall–Kier alpha value is -1.02. The summed E-state index contributed by atoms with van der Waals surface area (Å²) in [5.41, 5.74) is 10.1. The molecule has 0 atom stereocenters. The van der Waals surface area contributed by atoms with Gasteiger partial charge in [0.15, 0.2) is 0 Å². The maximum atomic E-state index is 5.96. The zero-order valence-electron chi connectivity index (χ0n) is 10.5. The van der Waals surface area contributed by atoms with E-state index in [-0.39, 0.29) is 5.41 Å². The van der Waals surface area contributed by atoms with Crippen LogP contribution in [0.2, 0.25) is 0 Å². The van der Waals surface area contributed by atoms with Crippen molar-refractivity contribution >= 4 is 0 Å². The van der Waals surface area contributed by atoms with E-state index < -0.39 is 0 Å². The summed E-state index contributed by atoms with van der Waals surface area (Å²) >= 11 is 0. The molecule has 0 spiro atoms. The second-order valence-corrected chi connectivity index (χ2v) is 4.93. The predicted molar refractivity (Wildman–Crippen MR) is 67.1 cm³/mol. The summed E-state index contributed by atoms with van der Waals surface area (Å²) in [7, 11) is 1.75. The van der Waals surface area contributed by atoms with E-state index >= 15 is 0 Å². The Kier molecular flexibility index (Phi) is 2.94. The SMILES string of the molecule is COc1c(C)ccc(C2(CN)CCC2)c1C. The monoisotopic (exact) mass is 219 g/mol. The first kappa shape index (κ1) is 11.5. The maximum Gasteiger partial charge on any atom is 0.124 e. The van der Waals surface area contributed by atoms with Crippen molar-refractivity contribution in [3.05, 3.63) is 28.8 Å². The summed E-state index contributed by atoms with van der Waals surface area (Å²) in [4.78, 5) is 0. The van der Waals surface area contributed by atoms with Crippen LogP contribution in [-0.4, -0.2) is 13.7 Å². The van der Waals surface area contributed by atoms with Crippen molar-refractivity contribution < 1.29 is 4.74 Å². The van der Waals surface area contributed by atoms with Crippen LogP contribution in [0.4, 0.5) is 0 Å². The van der Waals surface area contributed by atoms with Crippen LogP contribution in [-0.2, 0) is 5.41 Å². The van der Waals surface area contributed by atoms with Gasteiger partial charge < -0.3 is 10.5 Å². The summed E-state index contributed by atoms with van der Waals surface area (Å²) in [5, 5.41) is 0. The summed E-state index contributed by atoms with van der Waals surface area (Å²) in [6.07, 6.45) is 3.74. The van der Waals surface area contributed by atoms with Crippen LogP contribution in [0.1, 0.15) is 36.0 Å². The van der Waals surface area contributed by atoms with Crippen molar-refractivity contribution in [2.75, 3.05) is 13.7 Å². The zero-order valence-corrected chi connectivity index (χ0v) is 10.5. The Bertz CT molecular complexity index is 388. The van der Waals surface area contributed by atoms with Crippen LogP contribution in [0.5, 0.6) is 5.75 Å². The van der Waals surface area contributed by atoms with E-state index in [2.05, 4.69) is 26.0 Å². The minimum absolute atomic E-state index is 0.227. The highest BCUT2D eigenvalue weighted by Gasteiger charge is 2.38. The van der Waals surface area contributed by atoms with Gasteiger partial charge in [0.05, 0.1) is 7.11 Å². The second kappa shape index (κ2) is 4.10. The van der Waals surface area contributed by atoms with Gasteiger partial charge in [-0.25, -0.2) is 0 Å². The number of benzene rings is 1. The molecule has 0 saturated heterocycles. The second-order valence-electron chi connectivity index (χ2n) is 4.93. The zero-order chi connectivity index (χ0) is 11.8. The first-order valence-corrected chi connectivity index (χ1v) is 5.99. The van der Waals surface area contributed by atoms with E-state index in [9.17, 15) is 0 Å². The number of ether oxygens (including phenoxy) is 1. The Balaban J connectivity index is 2.49. The predicted octanol–water partition coefficient (Wildman–Crippen LogP) is 2.69. The lowest BCUT2D eigenvalue weighted by Gasteiger charge is -2.42. The highest BCUT2D eigenvalue weighted by Crippen LogP contribution is 2.46. The average molecular weight is 219 g/mol. The van der Waals surface area contributed by atoms with Crippen molar-refractivity contribution in [2.24, 2.45) is 5.73 Å². The molecule has 1 aromatic carbocycles. The average Bonchev–Trinajstić information content (AvgIpc) is 2.21. The molecule has 0 radical (unpaired) electrons. The third kappa shape index (κ3) is 1.52. The molecule has 0 unspecified atom stereocenters. The summed E-state index contributed by atoms with van der Waals surface area (Å²) in [6, 6.07) is 4.39. The summed E-state index contributed by atoms with van der Waals surface area (Å²) in [5.74, 6) is 1.03. The van der Waals surface area contributed by atoms with Gasteiger partial charge in [-0.3, -0.25) is 0 Å². The Labute approximate surface area is 97.8 Å². The topological polar surface area (TPSA) is 35.2 Å². The van der Waals surface area contributed by atoms with Crippen LogP contribution in [0, 0.1) is 13.8 Å². The van der Waals surface area contributed by atoms with Gasteiger partial charge in [0.2, 0.25) is 0 Å². The number of aryl methyl sites for hydroxylation is 1. The Morgan fingerprint density at radius 3 is 2.44 bits per heavy atom. The Morgan fingerprint density at radius 2 is 2.00 bits per heavy atom. The molecule has 2 heteroatoms. The largest absolute Gasteiger partial charge is 0.496 e. The lowest BCUT2D eigenvalue weighted by Crippen LogP contribution is -2.42. The fourth-order valence-corrected chi connectivity index (χ4v) is 2.90. The van der Waals surface area contributed by atoms with Crippen molar-refractivity contribution in [3.8, 4) is 5.75 Å². The molecule has 0 aromatic heterocycles. The van der Waals surface area contributed by atoms with Gasteiger partial charge in [-0.15, -0.1) is 0 Å². The van der Waals surface area contributed by atoms with Crippen molar-refractivity contribution in [1.29, 1.82) is 0 Å². The van der Waals surface area contributed by atoms with E-state index in [1.54, 1.807) is 7.11 Å². The highest BCUT2D eigenvalue weighted by molar-refractivity contribution is 5.49. The van der Waals surface area contributed by atoms with Crippen molar-refractivity contribution in [3.63, 3.8) is 0 Å². The number of methoxy groups -OCH3 is 1. The van der Waals surface area contributed by atoms with Crippen LogP contribution in [0.25, 0.3) is 0 Å². The molecule has 0 amide bonds. The van der Waals surface area contributed by atoms with E-state index in [0.717, 1.165) is 12.3 Å². The van der Waals surface area contributed by atoms with E-state index in [4.69, 9.17) is 10.5 Å². The molecule has 1 aromatic rings. The minimum Gasteiger partial charge on any atom is -0.496 e. The molecule has 2 nitrogen and oxygen atoms in total. The van der Waals surface area contributed by atoms with Gasteiger partial charge in [-0.1, -0.05) is 18.6 Å². The number of hydrogen-bond acceptors (Lipinski definition) is 2. The van der Waals surface area contributed by atoms with Gasteiger partial charge in [0.25, 0.3) is 0 Å². The third-order valence-electron chi connectivity index (χ3n) is 4.08. The molecular formula is C14H21NO. The molecule has 1 saturated carbocycles. The summed E-state index contributed by atoms with van der Waals surface area (Å²) < 4.78 is 5.48. The van der Waals surface area contributed by atoms with E-state index in [1.807, 2.05) is 0 Å². The van der Waals surface area contributed by atoms with Gasteiger partial charge >= 0.3 is 0 Å². The molecule has 0 bridgehead atoms. The summed E-state index contributed by atoms with van der Waals surface area (Å²) in [6.45, 7) is 4.99. The van der Waals surface area contributed by atoms with Crippen LogP contribution >= 0.6 is 0 Å². The molecule has 0 aliphatic heterocycles. The van der Waals surface area contributed by atoms with E-state index in [0.29, 0.717) is 0 Å². The normalized spacial score (nSPS) is 18.0. The first-order valence-electron chi connectivity index (χ1n) is 5.99. The Morgan fingerprint density at radius 1 is 1.31 bits per heavy atom. The van der Waals surface area contributed by atoms with Crippen LogP contribution in [0.3, 0.4) is 0 Å². The first-order chi connectivity index (χ1) is 7.64. The maximum absolute atomic E-state index is 5.96. The molecule has 1 aliphatic carbocycles. The van der Waals surface area contributed by atoms with Gasteiger partial charge in [0.1, 0.15) is 5.75 Å². The lowest BCUT2D eigenvalue weighted by molar-refractivity contribution is 0.250. The molecule has 0 heterocycles. The molecular weight excluding hydrogens is 198 g/mol. The minimum atomic E-state index is 0.227. The highest BCUT2D eigenvalue weighted by atomic mass is 16.5. The lowest BCUT2D eigenvalue weighted by atomic mass is 9.63. The van der Waals surface area contributed by atoms with Crippen LogP contribution in [0.15, 0.2) is 12.1 Å². The molecule has 2 rings (SSSR count). The van der Waals surface area contributed by atoms with Gasteiger partial charge in [-0.2, -0.15) is 0 Å². The molecule has 1 aliphatic rings. The molecule has 16 heavy (non-hydrogen) atoms. The quantitative estimate of drug-likeness (QED) is 0.848. The van der Waals surface area contributed by atoms with Crippen molar-refractivity contribution in [1.82, 2.24) is 0 Å². The molecule has 88 valence electrons. The smallest absolute Gasteiger partial charge is 0.124 e. The third-order valence-corrected chi connectivity index (χ3v) is 4.08.